The van der Waals surface area contributed by atoms with Crippen LogP contribution < -0.4 is 9.47 Å². The molecule has 1 aromatic carbocycles. The smallest absolute Gasteiger partial charge is 0.328 e. The number of hydrogen-bond acceptors (Lipinski definition) is 6. The van der Waals surface area contributed by atoms with Crippen molar-refractivity contribution in [1.29, 1.82) is 0 Å². The van der Waals surface area contributed by atoms with E-state index >= 15 is 0 Å². The highest BCUT2D eigenvalue weighted by atomic mass is 16.5. The van der Waals surface area contributed by atoms with Gasteiger partial charge in [0, 0.05) is 17.7 Å². The first-order valence-corrected chi connectivity index (χ1v) is 6.67. The van der Waals surface area contributed by atoms with E-state index in [0.29, 0.717) is 28.5 Å². The third-order valence-electron chi connectivity index (χ3n) is 2.97. The quantitative estimate of drug-likeness (QED) is 0.618. The van der Waals surface area contributed by atoms with Gasteiger partial charge in [0.05, 0.1) is 7.11 Å². The van der Waals surface area contributed by atoms with Crippen molar-refractivity contribution in [2.24, 2.45) is 0 Å². The number of benzene rings is 1. The third kappa shape index (κ3) is 4.19. The van der Waals surface area contributed by atoms with Crippen molar-refractivity contribution in [1.82, 2.24) is 4.98 Å². The molecule has 1 heterocycles. The van der Waals surface area contributed by atoms with Gasteiger partial charge in [-0.05, 0) is 25.1 Å². The van der Waals surface area contributed by atoms with Gasteiger partial charge in [0.1, 0.15) is 24.3 Å². The van der Waals surface area contributed by atoms with E-state index in [9.17, 15) is 9.59 Å². The van der Waals surface area contributed by atoms with Gasteiger partial charge in [0.2, 0.25) is 5.89 Å². The lowest BCUT2D eigenvalue weighted by molar-refractivity contribution is -0.131. The molecule has 1 aromatic heterocycles. The lowest BCUT2D eigenvalue weighted by Gasteiger charge is -2.10. The summed E-state index contributed by atoms with van der Waals surface area (Å²) in [6.07, 6.45) is 2.92. The Bertz CT molecular complexity index is 747. The number of hydrogen-bond donors (Lipinski definition) is 1. The predicted molar refractivity (Wildman–Crippen MR) is 80.6 cm³/mol. The molecule has 0 saturated heterocycles. The van der Waals surface area contributed by atoms with Gasteiger partial charge in [-0.25, -0.2) is 9.78 Å². The molecule has 120 valence electrons. The van der Waals surface area contributed by atoms with Crippen LogP contribution in [0.25, 0.3) is 6.08 Å². The van der Waals surface area contributed by atoms with Gasteiger partial charge in [0.15, 0.2) is 11.5 Å². The van der Waals surface area contributed by atoms with Gasteiger partial charge in [-0.1, -0.05) is 0 Å². The molecule has 0 radical (unpaired) electrons. The summed E-state index contributed by atoms with van der Waals surface area (Å²) < 4.78 is 16.1. The van der Waals surface area contributed by atoms with E-state index in [-0.39, 0.29) is 12.5 Å². The molecule has 0 atom stereocenters. The highest BCUT2D eigenvalue weighted by molar-refractivity contribution is 5.84. The van der Waals surface area contributed by atoms with Gasteiger partial charge < -0.3 is 19.0 Å². The molecular weight excluding hydrogens is 302 g/mol. The Morgan fingerprint density at radius 3 is 2.83 bits per heavy atom. The Balaban J connectivity index is 2.12. The van der Waals surface area contributed by atoms with E-state index in [2.05, 4.69) is 4.98 Å². The fourth-order valence-electron chi connectivity index (χ4n) is 1.82. The molecule has 2 rings (SSSR count). The SMILES string of the molecule is COc1cc(C=O)ccc1OCc1nc(/C=C/C(=O)O)oc1C. The van der Waals surface area contributed by atoms with Crippen molar-refractivity contribution in [3.05, 3.63) is 47.2 Å². The molecular formula is C16H15NO6. The van der Waals surface area contributed by atoms with Crippen LogP contribution in [0.1, 0.15) is 27.7 Å². The molecule has 0 aliphatic heterocycles. The van der Waals surface area contributed by atoms with Gasteiger partial charge in [-0.2, -0.15) is 0 Å². The Labute approximate surface area is 132 Å². The summed E-state index contributed by atoms with van der Waals surface area (Å²) >= 11 is 0. The number of ether oxygens (including phenoxy) is 2. The maximum absolute atomic E-state index is 10.8. The number of carboxylic acids is 1. The number of aryl methyl sites for hydroxylation is 1. The number of methoxy groups -OCH3 is 1. The number of aldehydes is 1. The van der Waals surface area contributed by atoms with Gasteiger partial charge in [0.25, 0.3) is 0 Å². The van der Waals surface area contributed by atoms with Crippen LogP contribution in [0.15, 0.2) is 28.7 Å². The van der Waals surface area contributed by atoms with E-state index in [1.807, 2.05) is 0 Å². The predicted octanol–water partition coefficient (Wildman–Crippen LogP) is 2.48. The molecule has 0 bridgehead atoms. The number of carbonyl (C=O) groups is 2. The third-order valence-corrected chi connectivity index (χ3v) is 2.97. The summed E-state index contributed by atoms with van der Waals surface area (Å²) in [5.74, 6) is 0.522. The molecule has 2 aromatic rings. The molecule has 0 amide bonds. The molecule has 0 aliphatic rings. The number of carbonyl (C=O) groups excluding carboxylic acids is 1. The minimum atomic E-state index is -1.08. The zero-order valence-electron chi connectivity index (χ0n) is 12.6. The molecule has 0 unspecified atom stereocenters. The number of aliphatic carboxylic acids is 1. The van der Waals surface area contributed by atoms with Crippen molar-refractivity contribution in [2.45, 2.75) is 13.5 Å². The number of aromatic nitrogens is 1. The van der Waals surface area contributed by atoms with Crippen LogP contribution >= 0.6 is 0 Å². The fourth-order valence-corrected chi connectivity index (χ4v) is 1.82. The summed E-state index contributed by atoms with van der Waals surface area (Å²) in [4.78, 5) is 25.4. The second-order valence-corrected chi connectivity index (χ2v) is 4.54. The number of carboxylic acid groups (broad SMARTS) is 1. The monoisotopic (exact) mass is 317 g/mol. The summed E-state index contributed by atoms with van der Waals surface area (Å²) in [6, 6.07) is 4.81. The zero-order valence-corrected chi connectivity index (χ0v) is 12.6. The lowest BCUT2D eigenvalue weighted by Crippen LogP contribution is -2.00. The summed E-state index contributed by atoms with van der Waals surface area (Å²) in [6.45, 7) is 1.82. The highest BCUT2D eigenvalue weighted by Crippen LogP contribution is 2.28. The van der Waals surface area contributed by atoms with Gasteiger partial charge >= 0.3 is 5.97 Å². The van der Waals surface area contributed by atoms with Crippen LogP contribution in [0.3, 0.4) is 0 Å². The largest absolute Gasteiger partial charge is 0.493 e. The van der Waals surface area contributed by atoms with Gasteiger partial charge in [-0.3, -0.25) is 4.79 Å². The molecule has 1 N–H and O–H groups in total. The first-order chi connectivity index (χ1) is 11.0. The van der Waals surface area contributed by atoms with E-state index in [4.69, 9.17) is 19.0 Å². The van der Waals surface area contributed by atoms with Crippen molar-refractivity contribution >= 4 is 18.3 Å². The molecule has 0 fully saturated rings. The van der Waals surface area contributed by atoms with Crippen LogP contribution in [0, 0.1) is 6.92 Å². The van der Waals surface area contributed by atoms with Crippen molar-refractivity contribution < 1.29 is 28.6 Å². The van der Waals surface area contributed by atoms with Crippen LogP contribution in [0.2, 0.25) is 0 Å². The maximum Gasteiger partial charge on any atom is 0.328 e. The van der Waals surface area contributed by atoms with E-state index < -0.39 is 5.97 Å². The highest BCUT2D eigenvalue weighted by Gasteiger charge is 2.11. The zero-order chi connectivity index (χ0) is 16.8. The van der Waals surface area contributed by atoms with Crippen LogP contribution in [0.4, 0.5) is 0 Å². The molecule has 0 aliphatic carbocycles. The Morgan fingerprint density at radius 1 is 1.39 bits per heavy atom. The Hall–Kier alpha value is -3.09. The minimum absolute atomic E-state index is 0.118. The summed E-state index contributed by atoms with van der Waals surface area (Å²) in [7, 11) is 1.48. The average molecular weight is 317 g/mol. The number of rotatable bonds is 7. The normalized spacial score (nSPS) is 10.7. The number of nitrogens with zero attached hydrogens (tertiary/aromatic N) is 1. The molecule has 23 heavy (non-hydrogen) atoms. The van der Waals surface area contributed by atoms with Crippen molar-refractivity contribution in [3.63, 3.8) is 0 Å². The second kappa shape index (κ2) is 7.26. The number of oxazole rings is 1. The summed E-state index contributed by atoms with van der Waals surface area (Å²) in [5, 5.41) is 8.58. The maximum atomic E-state index is 10.8. The minimum Gasteiger partial charge on any atom is -0.493 e. The fraction of sp³-hybridized carbons (Fsp3) is 0.188. The topological polar surface area (TPSA) is 98.9 Å². The Kier molecular flexibility index (Phi) is 5.14. The molecule has 0 saturated carbocycles. The lowest BCUT2D eigenvalue weighted by atomic mass is 10.2. The Morgan fingerprint density at radius 2 is 2.17 bits per heavy atom. The first-order valence-electron chi connectivity index (χ1n) is 6.67. The van der Waals surface area contributed by atoms with Crippen molar-refractivity contribution in [3.8, 4) is 11.5 Å². The second-order valence-electron chi connectivity index (χ2n) is 4.54. The molecule has 0 spiro atoms. The molecule has 7 heteroatoms. The van der Waals surface area contributed by atoms with Crippen LogP contribution in [-0.2, 0) is 11.4 Å². The van der Waals surface area contributed by atoms with Crippen LogP contribution in [-0.4, -0.2) is 29.5 Å². The van der Waals surface area contributed by atoms with Crippen LogP contribution in [0.5, 0.6) is 11.5 Å². The summed E-state index contributed by atoms with van der Waals surface area (Å²) in [5.41, 5.74) is 1.02. The molecule has 7 nitrogen and oxygen atoms in total. The van der Waals surface area contributed by atoms with Crippen molar-refractivity contribution in [2.75, 3.05) is 7.11 Å². The first kappa shape index (κ1) is 16.3. The van der Waals surface area contributed by atoms with E-state index in [0.717, 1.165) is 12.4 Å². The van der Waals surface area contributed by atoms with E-state index in [1.54, 1.807) is 25.1 Å². The standard InChI is InChI=1S/C16H15NO6/c1-10-12(17-15(23-10)5-6-16(19)20)9-22-13-4-3-11(8-18)7-14(13)21-2/h3-8H,9H2,1-2H3,(H,19,20)/b6-5+. The average Bonchev–Trinajstić information content (AvgIpc) is 2.90. The van der Waals surface area contributed by atoms with Gasteiger partial charge in [-0.15, -0.1) is 0 Å². The van der Waals surface area contributed by atoms with E-state index in [1.165, 1.54) is 13.2 Å².